The first kappa shape index (κ1) is 27.9. The maximum atomic E-state index is 13.8. The second-order valence-corrected chi connectivity index (χ2v) is 12.8. The Bertz CT molecular complexity index is 1730. The van der Waals surface area contributed by atoms with E-state index in [-0.39, 0.29) is 29.9 Å². The molecule has 0 N–H and O–H groups in total. The largest absolute Gasteiger partial charge is 0.279 e. The third-order valence-corrected chi connectivity index (χ3v) is 9.75. The van der Waals surface area contributed by atoms with Gasteiger partial charge in [-0.3, -0.25) is 14.7 Å². The van der Waals surface area contributed by atoms with E-state index in [2.05, 4.69) is 9.97 Å². The quantitative estimate of drug-likeness (QED) is 0.189. The standard InChI is InChI=1S/C30H27ClN4O3S2/c1-21(2)35(20-22-8-4-3-5-9-22)40(37,38)25-15-13-24(14-16-25)29(36)34(19-23-10-7-17-32-18-23)30-33-28-26(31)11-6-12-27(28)39-30/h3-18,21H,19-20H2,1-2H3. The fraction of sp³-hybridized carbons (Fsp3) is 0.167. The number of rotatable bonds is 9. The van der Waals surface area contributed by atoms with Gasteiger partial charge in [0.05, 0.1) is 21.2 Å². The highest BCUT2D eigenvalue weighted by molar-refractivity contribution is 7.89. The molecule has 0 saturated heterocycles. The number of anilines is 1. The minimum Gasteiger partial charge on any atom is -0.279 e. The Morgan fingerprint density at radius 1 is 0.900 bits per heavy atom. The van der Waals surface area contributed by atoms with Crippen molar-refractivity contribution in [1.82, 2.24) is 14.3 Å². The molecular weight excluding hydrogens is 564 g/mol. The topological polar surface area (TPSA) is 83.5 Å². The summed E-state index contributed by atoms with van der Waals surface area (Å²) in [7, 11) is -3.81. The Morgan fingerprint density at radius 2 is 1.62 bits per heavy atom. The van der Waals surface area contributed by atoms with Gasteiger partial charge in [-0.15, -0.1) is 0 Å². The molecule has 40 heavy (non-hydrogen) atoms. The summed E-state index contributed by atoms with van der Waals surface area (Å²) >= 11 is 7.72. The number of hydrogen-bond donors (Lipinski definition) is 0. The predicted molar refractivity (Wildman–Crippen MR) is 160 cm³/mol. The molecule has 0 aliphatic carbocycles. The summed E-state index contributed by atoms with van der Waals surface area (Å²) in [5.74, 6) is -0.312. The fourth-order valence-corrected chi connectivity index (χ4v) is 7.18. The molecule has 2 aromatic heterocycles. The Hall–Kier alpha value is -3.63. The lowest BCUT2D eigenvalue weighted by molar-refractivity contribution is 0.0985. The number of para-hydroxylation sites is 1. The van der Waals surface area contributed by atoms with Crippen LogP contribution in [-0.2, 0) is 23.1 Å². The van der Waals surface area contributed by atoms with Crippen LogP contribution in [-0.4, -0.2) is 34.6 Å². The van der Waals surface area contributed by atoms with Crippen molar-refractivity contribution in [3.05, 3.63) is 119 Å². The Kier molecular flexibility index (Phi) is 8.27. The zero-order chi connectivity index (χ0) is 28.3. The molecule has 204 valence electrons. The lowest BCUT2D eigenvalue weighted by atomic mass is 10.2. The van der Waals surface area contributed by atoms with E-state index < -0.39 is 10.0 Å². The van der Waals surface area contributed by atoms with Crippen molar-refractivity contribution in [2.75, 3.05) is 4.90 Å². The molecule has 1 amide bonds. The second-order valence-electron chi connectivity index (χ2n) is 9.49. The highest BCUT2D eigenvalue weighted by Crippen LogP contribution is 2.34. The van der Waals surface area contributed by atoms with Crippen LogP contribution >= 0.6 is 22.9 Å². The number of aromatic nitrogens is 2. The lowest BCUT2D eigenvalue weighted by Gasteiger charge is -2.26. The average molecular weight is 591 g/mol. The van der Waals surface area contributed by atoms with Crippen molar-refractivity contribution >= 4 is 54.2 Å². The van der Waals surface area contributed by atoms with Gasteiger partial charge in [0.25, 0.3) is 5.91 Å². The van der Waals surface area contributed by atoms with Gasteiger partial charge in [0.15, 0.2) is 5.13 Å². The summed E-state index contributed by atoms with van der Waals surface area (Å²) in [4.78, 5) is 24.4. The van der Waals surface area contributed by atoms with Gasteiger partial charge in [-0.1, -0.05) is 65.4 Å². The molecule has 0 aliphatic rings. The molecule has 0 unspecified atom stereocenters. The molecule has 5 aromatic rings. The summed E-state index contributed by atoms with van der Waals surface area (Å²) in [6, 6.07) is 24.5. The Morgan fingerprint density at radius 3 is 2.27 bits per heavy atom. The van der Waals surface area contributed by atoms with Crippen LogP contribution in [0.5, 0.6) is 0 Å². The monoisotopic (exact) mass is 590 g/mol. The number of halogens is 1. The highest BCUT2D eigenvalue weighted by Gasteiger charge is 2.28. The number of sulfonamides is 1. The molecule has 10 heteroatoms. The normalized spacial score (nSPS) is 11.8. The highest BCUT2D eigenvalue weighted by atomic mass is 35.5. The van der Waals surface area contributed by atoms with Crippen molar-refractivity contribution in [2.24, 2.45) is 0 Å². The van der Waals surface area contributed by atoms with Gasteiger partial charge in [-0.05, 0) is 67.4 Å². The lowest BCUT2D eigenvalue weighted by Crippen LogP contribution is -2.36. The first-order chi connectivity index (χ1) is 19.2. The van der Waals surface area contributed by atoms with Crippen LogP contribution in [0.25, 0.3) is 10.2 Å². The summed E-state index contributed by atoms with van der Waals surface area (Å²) < 4.78 is 29.5. The summed E-state index contributed by atoms with van der Waals surface area (Å²) in [5, 5.41) is 0.996. The van der Waals surface area contributed by atoms with E-state index in [1.165, 1.54) is 27.8 Å². The molecule has 3 aromatic carbocycles. The van der Waals surface area contributed by atoms with Gasteiger partial charge in [-0.25, -0.2) is 13.4 Å². The SMILES string of the molecule is CC(C)N(Cc1ccccc1)S(=O)(=O)c1ccc(C(=O)N(Cc2cccnc2)c2nc3c(Cl)cccc3s2)cc1. The Balaban J connectivity index is 1.46. The van der Waals surface area contributed by atoms with Gasteiger partial charge in [0.1, 0.15) is 5.52 Å². The van der Waals surface area contributed by atoms with Gasteiger partial charge >= 0.3 is 0 Å². The Labute approximate surface area is 242 Å². The van der Waals surface area contributed by atoms with E-state index in [9.17, 15) is 13.2 Å². The van der Waals surface area contributed by atoms with E-state index in [4.69, 9.17) is 11.6 Å². The molecule has 0 fully saturated rings. The molecule has 0 atom stereocenters. The van der Waals surface area contributed by atoms with Crippen molar-refractivity contribution < 1.29 is 13.2 Å². The number of pyridine rings is 1. The first-order valence-corrected chi connectivity index (χ1v) is 15.3. The molecule has 2 heterocycles. The molecule has 0 saturated carbocycles. The molecule has 0 spiro atoms. The van der Waals surface area contributed by atoms with Crippen molar-refractivity contribution in [3.63, 3.8) is 0 Å². The molecule has 5 rings (SSSR count). The molecule has 7 nitrogen and oxygen atoms in total. The van der Waals surface area contributed by atoms with Crippen molar-refractivity contribution in [1.29, 1.82) is 0 Å². The van der Waals surface area contributed by atoms with Crippen LogP contribution < -0.4 is 4.90 Å². The predicted octanol–water partition coefficient (Wildman–Crippen LogP) is 6.79. The summed E-state index contributed by atoms with van der Waals surface area (Å²) in [6.45, 7) is 4.18. The van der Waals surface area contributed by atoms with Gasteiger partial charge < -0.3 is 0 Å². The van der Waals surface area contributed by atoms with Gasteiger partial charge in [0, 0.05) is 30.5 Å². The number of fused-ring (bicyclic) bond motifs is 1. The summed E-state index contributed by atoms with van der Waals surface area (Å²) in [6.07, 6.45) is 3.37. The van der Waals surface area contributed by atoms with E-state index in [0.29, 0.717) is 21.2 Å². The van der Waals surface area contributed by atoms with Crippen LogP contribution in [0, 0.1) is 0 Å². The number of thiazole rings is 1. The van der Waals surface area contributed by atoms with E-state index in [1.807, 2.05) is 68.4 Å². The minimum absolute atomic E-state index is 0.124. The number of amides is 1. The van der Waals surface area contributed by atoms with E-state index in [0.717, 1.165) is 15.8 Å². The number of hydrogen-bond acceptors (Lipinski definition) is 6. The third-order valence-electron chi connectivity index (χ3n) is 6.36. The van der Waals surface area contributed by atoms with Crippen molar-refractivity contribution in [2.45, 2.75) is 37.9 Å². The number of benzene rings is 3. The van der Waals surface area contributed by atoms with E-state index >= 15 is 0 Å². The smallest absolute Gasteiger partial charge is 0.260 e. The van der Waals surface area contributed by atoms with Crippen LogP contribution in [0.15, 0.2) is 102 Å². The first-order valence-electron chi connectivity index (χ1n) is 12.7. The van der Waals surface area contributed by atoms with Crippen molar-refractivity contribution in [3.8, 4) is 0 Å². The maximum absolute atomic E-state index is 13.8. The summed E-state index contributed by atoms with van der Waals surface area (Å²) in [5.41, 5.74) is 2.69. The number of carbonyl (C=O) groups is 1. The zero-order valence-electron chi connectivity index (χ0n) is 21.9. The minimum atomic E-state index is -3.81. The third kappa shape index (κ3) is 5.93. The molecular formula is C30H27ClN4O3S2. The van der Waals surface area contributed by atoms with Gasteiger partial charge in [-0.2, -0.15) is 4.31 Å². The average Bonchev–Trinajstić information content (AvgIpc) is 3.41. The number of nitrogens with zero attached hydrogens (tertiary/aromatic N) is 4. The van der Waals surface area contributed by atoms with E-state index in [1.54, 1.807) is 35.5 Å². The second kappa shape index (κ2) is 11.9. The van der Waals surface area contributed by atoms with Crippen LogP contribution in [0.3, 0.4) is 0 Å². The van der Waals surface area contributed by atoms with Gasteiger partial charge in [0.2, 0.25) is 10.0 Å². The zero-order valence-corrected chi connectivity index (χ0v) is 24.3. The van der Waals surface area contributed by atoms with Crippen LogP contribution in [0.2, 0.25) is 5.02 Å². The van der Waals surface area contributed by atoms with Crippen LogP contribution in [0.4, 0.5) is 5.13 Å². The van der Waals surface area contributed by atoms with Crippen LogP contribution in [0.1, 0.15) is 35.3 Å². The molecule has 0 radical (unpaired) electrons. The molecule has 0 bridgehead atoms. The fourth-order valence-electron chi connectivity index (χ4n) is 4.29. The number of carbonyl (C=O) groups excluding carboxylic acids is 1. The molecule has 0 aliphatic heterocycles. The maximum Gasteiger partial charge on any atom is 0.260 e.